The number of aliphatic carboxylic acids is 1. The van der Waals surface area contributed by atoms with E-state index >= 15 is 0 Å². The Balaban J connectivity index is 0.00000552. The van der Waals surface area contributed by atoms with Crippen molar-refractivity contribution in [1.82, 2.24) is 10.2 Å². The van der Waals surface area contributed by atoms with Crippen LogP contribution >= 0.6 is 23.2 Å². The van der Waals surface area contributed by atoms with Crippen molar-refractivity contribution in [3.63, 3.8) is 0 Å². The molecule has 238 valence electrons. The monoisotopic (exact) mass is 687 g/mol. The average Bonchev–Trinajstić information content (AvgIpc) is 3.18. The number of alkyl halides is 6. The number of rotatable bonds is 8. The zero-order valence-electron chi connectivity index (χ0n) is 24.1. The van der Waals surface area contributed by atoms with Crippen LogP contribution in [0.3, 0.4) is 0 Å². The van der Waals surface area contributed by atoms with E-state index in [0.717, 1.165) is 4.90 Å². The van der Waals surface area contributed by atoms with E-state index in [4.69, 9.17) is 23.2 Å². The van der Waals surface area contributed by atoms with Crippen molar-refractivity contribution in [3.05, 3.63) is 69.2 Å². The third-order valence-electron chi connectivity index (χ3n) is 7.84. The molecule has 3 atom stereocenters. The second kappa shape index (κ2) is 14.2. The van der Waals surface area contributed by atoms with Crippen LogP contribution in [0.1, 0.15) is 66.6 Å². The Bertz CT molecular complexity index is 1430. The van der Waals surface area contributed by atoms with Gasteiger partial charge in [0.05, 0.1) is 17.9 Å². The Hall–Kier alpha value is -2.32. The first kappa shape index (κ1) is 37.1. The second-order valence-electron chi connectivity index (χ2n) is 10.8. The summed E-state index contributed by atoms with van der Waals surface area (Å²) >= 11 is 12.2. The normalized spacial score (nSPS) is 22.6. The minimum absolute atomic E-state index is 0. The fourth-order valence-corrected chi connectivity index (χ4v) is 6.42. The first-order valence-corrected chi connectivity index (χ1v) is 14.3. The summed E-state index contributed by atoms with van der Waals surface area (Å²) in [5.74, 6) is -7.65. The van der Waals surface area contributed by atoms with E-state index in [-0.39, 0.29) is 69.4 Å². The largest absolute Gasteiger partial charge is 1.00 e. The van der Waals surface area contributed by atoms with Crippen LogP contribution in [0.5, 0.6) is 0 Å². The number of halogens is 8. The molecule has 4 rings (SSSR count). The van der Waals surface area contributed by atoms with Gasteiger partial charge in [-0.1, -0.05) is 42.3 Å². The van der Waals surface area contributed by atoms with Crippen LogP contribution in [0.15, 0.2) is 47.5 Å². The van der Waals surface area contributed by atoms with Gasteiger partial charge in [-0.3, -0.25) is 14.6 Å². The Labute approximate surface area is 286 Å². The summed E-state index contributed by atoms with van der Waals surface area (Å²) < 4.78 is 84.7. The Morgan fingerprint density at radius 1 is 1.02 bits per heavy atom. The average molecular weight is 688 g/mol. The third-order valence-corrected chi connectivity index (χ3v) is 8.27. The van der Waals surface area contributed by atoms with Gasteiger partial charge < -0.3 is 20.1 Å². The van der Waals surface area contributed by atoms with Gasteiger partial charge in [-0.15, -0.1) is 0 Å². The van der Waals surface area contributed by atoms with E-state index in [1.54, 1.807) is 6.92 Å². The van der Waals surface area contributed by atoms with Crippen molar-refractivity contribution in [2.24, 2.45) is 16.8 Å². The molecule has 1 aliphatic carbocycles. The number of amides is 2. The van der Waals surface area contributed by atoms with Gasteiger partial charge in [0, 0.05) is 52.9 Å². The number of carbonyl (C=O) groups excluding carboxylic acids is 3. The molecule has 1 N–H and O–H groups in total. The van der Waals surface area contributed by atoms with E-state index < -0.39 is 79.4 Å². The van der Waals surface area contributed by atoms with Gasteiger partial charge in [0.2, 0.25) is 0 Å². The quantitative estimate of drug-likeness (QED) is 0.341. The van der Waals surface area contributed by atoms with Gasteiger partial charge in [0.15, 0.2) is 0 Å². The van der Waals surface area contributed by atoms with Crippen LogP contribution < -0.4 is 40.0 Å². The summed E-state index contributed by atoms with van der Waals surface area (Å²) in [5, 5.41) is 13.2. The van der Waals surface area contributed by atoms with E-state index in [1.165, 1.54) is 42.5 Å². The Morgan fingerprint density at radius 3 is 2.02 bits per heavy atom. The van der Waals surface area contributed by atoms with Crippen LogP contribution in [-0.4, -0.2) is 53.0 Å². The molecule has 2 unspecified atom stereocenters. The molecule has 0 saturated heterocycles. The number of nitrogens with zero attached hydrogens (tertiary/aromatic N) is 2. The fourth-order valence-electron chi connectivity index (χ4n) is 5.90. The van der Waals surface area contributed by atoms with Gasteiger partial charge in [-0.2, -0.15) is 26.3 Å². The summed E-state index contributed by atoms with van der Waals surface area (Å²) in [6.45, 7) is 1.42. The maximum absolute atomic E-state index is 14.1. The summed E-state index contributed by atoms with van der Waals surface area (Å²) in [6.07, 6.45) is -13.3. The molecule has 0 aromatic heterocycles. The number of benzene rings is 2. The van der Waals surface area contributed by atoms with Crippen molar-refractivity contribution in [1.29, 1.82) is 0 Å². The smallest absolute Gasteiger partial charge is 0.550 e. The molecule has 1 fully saturated rings. The van der Waals surface area contributed by atoms with Gasteiger partial charge in [-0.25, -0.2) is 0 Å². The number of nitrogens with one attached hydrogen (secondary N) is 1. The minimum atomic E-state index is -4.99. The second-order valence-corrected chi connectivity index (χ2v) is 11.7. The molecule has 16 heteroatoms. The van der Waals surface area contributed by atoms with Gasteiger partial charge in [0.1, 0.15) is 11.4 Å². The molecule has 0 radical (unpaired) electrons. The molecule has 2 aromatic rings. The molecule has 2 aliphatic rings. The van der Waals surface area contributed by atoms with Gasteiger partial charge in [-0.05, 0) is 48.7 Å². The first-order chi connectivity index (χ1) is 20.4. The Kier molecular flexibility index (Phi) is 11.7. The molecule has 2 aromatic carbocycles. The van der Waals surface area contributed by atoms with Crippen molar-refractivity contribution >= 4 is 46.7 Å². The molecular formula is C29H26Cl2F6N3NaO4. The summed E-state index contributed by atoms with van der Waals surface area (Å²) in [6, 6.07) is 8.51. The molecule has 1 spiro atoms. The molecule has 1 aliphatic heterocycles. The molecule has 7 nitrogen and oxygen atoms in total. The number of aliphatic imine (C=N–C) groups is 1. The van der Waals surface area contributed by atoms with Crippen molar-refractivity contribution in [2.75, 3.05) is 6.54 Å². The number of carboxylic acids is 1. The Morgan fingerprint density at radius 2 is 1.56 bits per heavy atom. The molecular weight excluding hydrogens is 662 g/mol. The van der Waals surface area contributed by atoms with E-state index in [9.17, 15) is 45.8 Å². The molecule has 1 saturated carbocycles. The van der Waals surface area contributed by atoms with Crippen LogP contribution in [0.4, 0.5) is 26.3 Å². The zero-order valence-corrected chi connectivity index (χ0v) is 27.6. The summed E-state index contributed by atoms with van der Waals surface area (Å²) in [4.78, 5) is 42.4. The SMILES string of the molecule is CC[C@H](c1ccc(C(=O)NCCC(=O)[O-])cc1)N1C(=O)C(c2cc(Cl)cc(Cl)c2)=NC12CC(C(F)(F)F)CC(C(F)(F)F)C2.[Na+]. The van der Waals surface area contributed by atoms with E-state index in [0.29, 0.717) is 5.56 Å². The van der Waals surface area contributed by atoms with Crippen LogP contribution in [0.2, 0.25) is 10.0 Å². The number of hydrogen-bond acceptors (Lipinski definition) is 5. The molecule has 0 bridgehead atoms. The third kappa shape index (κ3) is 8.34. The topological polar surface area (TPSA) is 102 Å². The standard InChI is InChI=1S/C29H27Cl2F6N3O4.Na/c1-2-22(15-3-5-16(6-4-15)25(43)38-8-7-23(41)42)40-26(44)24(17-9-20(30)12-21(31)10-17)39-27(40)13-18(28(32,33)34)11-19(14-27)29(35,36)37;/h3-6,9-10,12,18-19,22H,2,7-8,11,13-14H2,1H3,(H,38,43)(H,41,42);/q;+1/p-1/t18?,19?,22-,27?;/m1./s1. The van der Waals surface area contributed by atoms with Crippen molar-refractivity contribution in [3.8, 4) is 0 Å². The summed E-state index contributed by atoms with van der Waals surface area (Å²) in [5.41, 5.74) is -2.07. The van der Waals surface area contributed by atoms with Crippen molar-refractivity contribution < 1.29 is 75.4 Å². The fraction of sp³-hybridized carbons (Fsp3) is 0.448. The van der Waals surface area contributed by atoms with Gasteiger partial charge in [0.25, 0.3) is 11.8 Å². The van der Waals surface area contributed by atoms with Crippen LogP contribution in [-0.2, 0) is 9.59 Å². The maximum atomic E-state index is 14.1. The number of carboxylic acid groups (broad SMARTS) is 1. The first-order valence-electron chi connectivity index (χ1n) is 13.6. The molecule has 1 heterocycles. The predicted molar refractivity (Wildman–Crippen MR) is 147 cm³/mol. The molecule has 2 amide bonds. The molecule has 45 heavy (non-hydrogen) atoms. The maximum Gasteiger partial charge on any atom is 1.00 e. The predicted octanol–water partition coefficient (Wildman–Crippen LogP) is 2.89. The van der Waals surface area contributed by atoms with Crippen LogP contribution in [0, 0.1) is 11.8 Å². The van der Waals surface area contributed by atoms with Crippen LogP contribution in [0.25, 0.3) is 0 Å². The number of carbonyl (C=O) groups is 3. The zero-order chi connectivity index (χ0) is 32.6. The summed E-state index contributed by atoms with van der Waals surface area (Å²) in [7, 11) is 0. The van der Waals surface area contributed by atoms with Gasteiger partial charge >= 0.3 is 41.9 Å². The number of hydrogen-bond donors (Lipinski definition) is 1. The van der Waals surface area contributed by atoms with E-state index in [2.05, 4.69) is 10.3 Å². The minimum Gasteiger partial charge on any atom is -0.550 e. The van der Waals surface area contributed by atoms with Crippen molar-refractivity contribution in [2.45, 2.75) is 63.1 Å². The van der Waals surface area contributed by atoms with E-state index in [1.807, 2.05) is 0 Å².